The fraction of sp³-hybridized carbons (Fsp3) is 0.600. The molecule has 0 amide bonds. The Labute approximate surface area is 49.3 Å². The van der Waals surface area contributed by atoms with Gasteiger partial charge in [-0.2, -0.15) is 5.10 Å². The lowest BCUT2D eigenvalue weighted by molar-refractivity contribution is 0.623. The molecule has 0 aliphatic rings. The minimum Gasteiger partial charge on any atom is -0.308 e. The summed E-state index contributed by atoms with van der Waals surface area (Å²) in [5, 5.41) is 10.2. The molecule has 0 aliphatic heterocycles. The number of rotatable bonds is 3. The van der Waals surface area contributed by atoms with Crippen molar-refractivity contribution in [3.8, 4) is 0 Å². The summed E-state index contributed by atoms with van der Waals surface area (Å²) in [6.07, 6.45) is 2.54. The second-order valence-electron chi connectivity index (χ2n) is 1.73. The van der Waals surface area contributed by atoms with Gasteiger partial charge >= 0.3 is 0 Å². The SMILES string of the molecule is CC(C)N/N=C\C=N. The Bertz CT molecular complexity index is 85.7. The van der Waals surface area contributed by atoms with Crippen molar-refractivity contribution in [2.45, 2.75) is 19.9 Å². The van der Waals surface area contributed by atoms with Gasteiger partial charge < -0.3 is 10.8 Å². The van der Waals surface area contributed by atoms with Gasteiger partial charge in [-0.1, -0.05) is 0 Å². The Balaban J connectivity index is 3.15. The molecule has 0 saturated heterocycles. The first-order valence-corrected chi connectivity index (χ1v) is 2.55. The standard InChI is InChI=1S/C5H11N3/c1-5(2)8-7-4-3-6/h3-6,8H,1-2H3/b6-3?,7-4-. The van der Waals surface area contributed by atoms with Gasteiger partial charge in [0, 0.05) is 12.3 Å². The van der Waals surface area contributed by atoms with E-state index in [9.17, 15) is 0 Å². The zero-order chi connectivity index (χ0) is 6.41. The van der Waals surface area contributed by atoms with E-state index in [-0.39, 0.29) is 0 Å². The third kappa shape index (κ3) is 5.14. The van der Waals surface area contributed by atoms with Crippen molar-refractivity contribution in [2.75, 3.05) is 0 Å². The number of hydrazone groups is 1. The zero-order valence-electron chi connectivity index (χ0n) is 5.18. The molecule has 0 aromatic carbocycles. The lowest BCUT2D eigenvalue weighted by Gasteiger charge is -1.99. The Morgan fingerprint density at radius 2 is 2.25 bits per heavy atom. The second kappa shape index (κ2) is 4.30. The second-order valence-corrected chi connectivity index (χ2v) is 1.73. The summed E-state index contributed by atoms with van der Waals surface area (Å²) in [5.41, 5.74) is 2.76. The predicted octanol–water partition coefficient (Wildman–Crippen LogP) is 0.620. The topological polar surface area (TPSA) is 48.2 Å². The Morgan fingerprint density at radius 3 is 2.62 bits per heavy atom. The first-order chi connectivity index (χ1) is 3.77. The van der Waals surface area contributed by atoms with Gasteiger partial charge in [0.2, 0.25) is 0 Å². The Morgan fingerprint density at radius 1 is 1.62 bits per heavy atom. The highest BCUT2D eigenvalue weighted by Gasteiger charge is 1.81. The smallest absolute Gasteiger partial charge is 0.0643 e. The van der Waals surface area contributed by atoms with Gasteiger partial charge in [0.15, 0.2) is 0 Å². The van der Waals surface area contributed by atoms with Crippen LogP contribution in [0.5, 0.6) is 0 Å². The number of nitrogens with zero attached hydrogens (tertiary/aromatic N) is 1. The van der Waals surface area contributed by atoms with E-state index in [1.54, 1.807) is 0 Å². The summed E-state index contributed by atoms with van der Waals surface area (Å²) < 4.78 is 0. The molecule has 0 radical (unpaired) electrons. The maximum absolute atomic E-state index is 6.53. The molecule has 3 nitrogen and oxygen atoms in total. The highest BCUT2D eigenvalue weighted by molar-refractivity contribution is 6.14. The molecular formula is C5H11N3. The molecule has 3 heteroatoms. The normalized spacial score (nSPS) is 10.4. The van der Waals surface area contributed by atoms with Crippen LogP contribution in [0.15, 0.2) is 5.10 Å². The minimum absolute atomic E-state index is 0.353. The average molecular weight is 113 g/mol. The van der Waals surface area contributed by atoms with Crippen LogP contribution < -0.4 is 5.43 Å². The Hall–Kier alpha value is -0.860. The lowest BCUT2D eigenvalue weighted by Crippen LogP contribution is -2.15. The van der Waals surface area contributed by atoms with Crippen LogP contribution in [0.2, 0.25) is 0 Å². The van der Waals surface area contributed by atoms with Crippen molar-refractivity contribution in [3.05, 3.63) is 0 Å². The molecule has 0 saturated carbocycles. The summed E-state index contributed by atoms with van der Waals surface area (Å²) in [6, 6.07) is 0.353. The molecule has 2 N–H and O–H groups in total. The first-order valence-electron chi connectivity index (χ1n) is 2.55. The quantitative estimate of drug-likeness (QED) is 0.409. The molecule has 46 valence electrons. The van der Waals surface area contributed by atoms with E-state index in [4.69, 9.17) is 5.41 Å². The average Bonchev–Trinajstić information content (AvgIpc) is 1.66. The van der Waals surface area contributed by atoms with Gasteiger partial charge in [0.25, 0.3) is 0 Å². The summed E-state index contributed by atoms with van der Waals surface area (Å²) in [6.45, 7) is 3.97. The molecule has 0 unspecified atom stereocenters. The molecule has 0 bridgehead atoms. The van der Waals surface area contributed by atoms with E-state index in [0.717, 1.165) is 6.21 Å². The summed E-state index contributed by atoms with van der Waals surface area (Å²) >= 11 is 0. The number of hydrogen-bond donors (Lipinski definition) is 2. The zero-order valence-corrected chi connectivity index (χ0v) is 5.18. The molecule has 0 aromatic heterocycles. The molecule has 0 spiro atoms. The van der Waals surface area contributed by atoms with Crippen LogP contribution in [0, 0.1) is 5.41 Å². The maximum atomic E-state index is 6.53. The predicted molar refractivity (Wildman–Crippen MR) is 35.5 cm³/mol. The van der Waals surface area contributed by atoms with E-state index in [0.29, 0.717) is 6.04 Å². The summed E-state index contributed by atoms with van der Waals surface area (Å²) in [7, 11) is 0. The Kier molecular flexibility index (Phi) is 3.84. The third-order valence-corrected chi connectivity index (χ3v) is 0.482. The van der Waals surface area contributed by atoms with Crippen LogP contribution in [0.1, 0.15) is 13.8 Å². The fourth-order valence-electron chi connectivity index (χ4n) is 0.229. The van der Waals surface area contributed by atoms with Crippen LogP contribution in [-0.4, -0.2) is 18.5 Å². The highest BCUT2D eigenvalue weighted by atomic mass is 15.3. The fourth-order valence-corrected chi connectivity index (χ4v) is 0.229. The molecule has 0 rings (SSSR count). The molecular weight excluding hydrogens is 102 g/mol. The number of nitrogens with one attached hydrogen (secondary N) is 2. The molecule has 8 heavy (non-hydrogen) atoms. The van der Waals surface area contributed by atoms with E-state index >= 15 is 0 Å². The van der Waals surface area contributed by atoms with E-state index in [2.05, 4.69) is 10.5 Å². The third-order valence-electron chi connectivity index (χ3n) is 0.482. The maximum Gasteiger partial charge on any atom is 0.0643 e. The van der Waals surface area contributed by atoms with Crippen molar-refractivity contribution in [2.24, 2.45) is 5.10 Å². The van der Waals surface area contributed by atoms with Crippen molar-refractivity contribution in [1.29, 1.82) is 5.41 Å². The van der Waals surface area contributed by atoms with Crippen LogP contribution in [-0.2, 0) is 0 Å². The van der Waals surface area contributed by atoms with Crippen LogP contribution in [0.25, 0.3) is 0 Å². The molecule has 0 aromatic rings. The van der Waals surface area contributed by atoms with E-state index in [1.165, 1.54) is 6.21 Å². The van der Waals surface area contributed by atoms with Crippen LogP contribution in [0.3, 0.4) is 0 Å². The van der Waals surface area contributed by atoms with Gasteiger partial charge in [0.1, 0.15) is 0 Å². The summed E-state index contributed by atoms with van der Waals surface area (Å²) in [4.78, 5) is 0. The lowest BCUT2D eigenvalue weighted by atomic mass is 10.4. The van der Waals surface area contributed by atoms with Crippen molar-refractivity contribution < 1.29 is 0 Å². The molecule has 0 heterocycles. The highest BCUT2D eigenvalue weighted by Crippen LogP contribution is 1.71. The molecule has 0 aliphatic carbocycles. The number of hydrogen-bond acceptors (Lipinski definition) is 3. The van der Waals surface area contributed by atoms with Gasteiger partial charge in [-0.3, -0.25) is 0 Å². The van der Waals surface area contributed by atoms with Gasteiger partial charge in [0.05, 0.1) is 6.21 Å². The van der Waals surface area contributed by atoms with Gasteiger partial charge in [-0.25, -0.2) is 0 Å². The summed E-state index contributed by atoms with van der Waals surface area (Å²) in [5.74, 6) is 0. The molecule has 0 atom stereocenters. The van der Waals surface area contributed by atoms with Crippen LogP contribution in [0.4, 0.5) is 0 Å². The molecule has 0 fully saturated rings. The largest absolute Gasteiger partial charge is 0.308 e. The first kappa shape index (κ1) is 7.14. The minimum atomic E-state index is 0.353. The van der Waals surface area contributed by atoms with Crippen molar-refractivity contribution in [3.63, 3.8) is 0 Å². The monoisotopic (exact) mass is 113 g/mol. The van der Waals surface area contributed by atoms with Crippen molar-refractivity contribution >= 4 is 12.4 Å². The van der Waals surface area contributed by atoms with Crippen LogP contribution >= 0.6 is 0 Å². The van der Waals surface area contributed by atoms with Crippen molar-refractivity contribution in [1.82, 2.24) is 5.43 Å². The van der Waals surface area contributed by atoms with Gasteiger partial charge in [-0.05, 0) is 13.8 Å². The van der Waals surface area contributed by atoms with E-state index in [1.807, 2.05) is 13.8 Å². The van der Waals surface area contributed by atoms with E-state index < -0.39 is 0 Å². The van der Waals surface area contributed by atoms with Gasteiger partial charge in [-0.15, -0.1) is 0 Å².